The number of rotatable bonds is 9. The number of hydrogen-bond donors (Lipinski definition) is 2. The van der Waals surface area contributed by atoms with Crippen LogP contribution in [0.25, 0.3) is 0 Å². The molecule has 146 valence electrons. The summed E-state index contributed by atoms with van der Waals surface area (Å²) in [6.07, 6.45) is 1.82. The van der Waals surface area contributed by atoms with E-state index >= 15 is 0 Å². The van der Waals surface area contributed by atoms with Gasteiger partial charge in [0.2, 0.25) is 0 Å². The fourth-order valence-corrected chi connectivity index (χ4v) is 3.41. The lowest BCUT2D eigenvalue weighted by Gasteiger charge is -2.09. The van der Waals surface area contributed by atoms with Crippen molar-refractivity contribution in [3.05, 3.63) is 65.2 Å². The van der Waals surface area contributed by atoms with Gasteiger partial charge in [-0.15, -0.1) is 11.3 Å². The molecule has 28 heavy (non-hydrogen) atoms. The number of thiazole rings is 1. The van der Waals surface area contributed by atoms with Crippen LogP contribution in [0.1, 0.15) is 22.5 Å². The normalized spacial score (nSPS) is 10.4. The highest BCUT2D eigenvalue weighted by Gasteiger charge is 2.11. The number of amides is 1. The Labute approximate surface area is 168 Å². The lowest BCUT2D eigenvalue weighted by molar-refractivity contribution is 0.0949. The van der Waals surface area contributed by atoms with E-state index in [0.717, 1.165) is 18.5 Å². The summed E-state index contributed by atoms with van der Waals surface area (Å²) in [5.74, 6) is 1.12. The number of benzene rings is 2. The molecule has 0 atom stereocenters. The third-order valence-corrected chi connectivity index (χ3v) is 4.90. The van der Waals surface area contributed by atoms with E-state index in [1.54, 1.807) is 19.6 Å². The van der Waals surface area contributed by atoms with Gasteiger partial charge in [-0.05, 0) is 30.5 Å². The van der Waals surface area contributed by atoms with Crippen molar-refractivity contribution in [2.24, 2.45) is 0 Å². The van der Waals surface area contributed by atoms with Crippen LogP contribution in [0.15, 0.2) is 53.9 Å². The van der Waals surface area contributed by atoms with E-state index in [1.807, 2.05) is 36.4 Å². The van der Waals surface area contributed by atoms with E-state index in [2.05, 4.69) is 27.8 Å². The number of methoxy groups -OCH3 is 2. The molecule has 0 fully saturated rings. The molecule has 0 bridgehead atoms. The molecule has 0 unspecified atom stereocenters. The minimum Gasteiger partial charge on any atom is -0.493 e. The van der Waals surface area contributed by atoms with Gasteiger partial charge in [-0.3, -0.25) is 4.79 Å². The summed E-state index contributed by atoms with van der Waals surface area (Å²) in [4.78, 5) is 16.6. The van der Waals surface area contributed by atoms with Gasteiger partial charge in [-0.25, -0.2) is 4.98 Å². The summed E-state index contributed by atoms with van der Waals surface area (Å²) in [5, 5.41) is 8.49. The monoisotopic (exact) mass is 397 g/mol. The summed E-state index contributed by atoms with van der Waals surface area (Å²) in [6, 6.07) is 15.7. The minimum absolute atomic E-state index is 0.162. The maximum absolute atomic E-state index is 12.3. The van der Waals surface area contributed by atoms with Gasteiger partial charge in [-0.2, -0.15) is 0 Å². The topological polar surface area (TPSA) is 72.5 Å². The highest BCUT2D eigenvalue weighted by atomic mass is 32.1. The van der Waals surface area contributed by atoms with Crippen LogP contribution in [0.4, 0.5) is 10.8 Å². The van der Waals surface area contributed by atoms with Gasteiger partial charge in [0.15, 0.2) is 16.6 Å². The van der Waals surface area contributed by atoms with Crippen LogP contribution >= 0.6 is 11.3 Å². The van der Waals surface area contributed by atoms with Gasteiger partial charge in [0, 0.05) is 23.7 Å². The van der Waals surface area contributed by atoms with Crippen LogP contribution in [0, 0.1) is 0 Å². The zero-order valence-electron chi connectivity index (χ0n) is 15.9. The second-order valence-corrected chi connectivity index (χ2v) is 6.94. The molecule has 3 aromatic rings. The first-order valence-electron chi connectivity index (χ1n) is 8.96. The largest absolute Gasteiger partial charge is 0.493 e. The van der Waals surface area contributed by atoms with Gasteiger partial charge in [0.1, 0.15) is 5.69 Å². The quantitative estimate of drug-likeness (QED) is 0.528. The van der Waals surface area contributed by atoms with E-state index in [1.165, 1.54) is 16.9 Å². The lowest BCUT2D eigenvalue weighted by Crippen LogP contribution is -2.25. The van der Waals surface area contributed by atoms with Crippen molar-refractivity contribution in [3.63, 3.8) is 0 Å². The van der Waals surface area contributed by atoms with E-state index in [0.29, 0.717) is 28.9 Å². The Morgan fingerprint density at radius 3 is 2.61 bits per heavy atom. The number of ether oxygens (including phenoxy) is 2. The first-order valence-corrected chi connectivity index (χ1v) is 9.84. The van der Waals surface area contributed by atoms with Gasteiger partial charge < -0.3 is 20.1 Å². The smallest absolute Gasteiger partial charge is 0.270 e. The second-order valence-electron chi connectivity index (χ2n) is 6.08. The first-order chi connectivity index (χ1) is 13.7. The molecule has 1 aromatic heterocycles. The molecule has 2 N–H and O–H groups in total. The number of aromatic nitrogens is 1. The van der Waals surface area contributed by atoms with Crippen LogP contribution in [0.5, 0.6) is 11.5 Å². The molecule has 0 saturated carbocycles. The Bertz CT molecular complexity index is 912. The van der Waals surface area contributed by atoms with Gasteiger partial charge >= 0.3 is 0 Å². The SMILES string of the molecule is COc1ccc(Nc2nc(C(=O)NCCCc3ccccc3)cs2)cc1OC. The molecule has 1 amide bonds. The van der Waals surface area contributed by atoms with E-state index in [-0.39, 0.29) is 5.91 Å². The highest BCUT2D eigenvalue weighted by molar-refractivity contribution is 7.14. The Kier molecular flexibility index (Phi) is 6.86. The summed E-state index contributed by atoms with van der Waals surface area (Å²) < 4.78 is 10.5. The Balaban J connectivity index is 1.51. The van der Waals surface area contributed by atoms with Crippen LogP contribution < -0.4 is 20.1 Å². The summed E-state index contributed by atoms with van der Waals surface area (Å²) >= 11 is 1.38. The molecule has 3 rings (SSSR count). The van der Waals surface area contributed by atoms with E-state index in [4.69, 9.17) is 9.47 Å². The average molecular weight is 398 g/mol. The van der Waals surface area contributed by atoms with Crippen molar-refractivity contribution in [2.75, 3.05) is 26.1 Å². The summed E-state index contributed by atoms with van der Waals surface area (Å²) in [6.45, 7) is 0.615. The molecule has 7 heteroatoms. The summed E-state index contributed by atoms with van der Waals surface area (Å²) in [7, 11) is 3.18. The molecule has 0 aliphatic rings. The molecule has 1 heterocycles. The van der Waals surface area contributed by atoms with Crippen LogP contribution in [0.3, 0.4) is 0 Å². The third-order valence-electron chi connectivity index (χ3n) is 4.14. The molecular formula is C21H23N3O3S. The minimum atomic E-state index is -0.162. The lowest BCUT2D eigenvalue weighted by atomic mass is 10.1. The van der Waals surface area contributed by atoms with Crippen molar-refractivity contribution >= 4 is 28.1 Å². The molecular weight excluding hydrogens is 374 g/mol. The Hall–Kier alpha value is -3.06. The van der Waals surface area contributed by atoms with Crippen LogP contribution in [0.2, 0.25) is 0 Å². The maximum atomic E-state index is 12.3. The predicted molar refractivity (Wildman–Crippen MR) is 112 cm³/mol. The number of carbonyl (C=O) groups excluding carboxylic acids is 1. The molecule has 6 nitrogen and oxygen atoms in total. The van der Waals surface area contributed by atoms with Crippen LogP contribution in [-0.4, -0.2) is 31.7 Å². The van der Waals surface area contributed by atoms with Gasteiger partial charge in [0.25, 0.3) is 5.91 Å². The zero-order valence-corrected chi connectivity index (χ0v) is 16.7. The standard InChI is InChI=1S/C21H23N3O3S/c1-26-18-11-10-16(13-19(18)27-2)23-21-24-17(14-28-21)20(25)22-12-6-9-15-7-4-3-5-8-15/h3-5,7-8,10-11,13-14H,6,9,12H2,1-2H3,(H,22,25)(H,23,24). The molecule has 0 spiro atoms. The van der Waals surface area contributed by atoms with Crippen molar-refractivity contribution in [1.82, 2.24) is 10.3 Å². The third kappa shape index (κ3) is 5.23. The molecule has 0 aliphatic heterocycles. The fraction of sp³-hybridized carbons (Fsp3) is 0.238. The van der Waals surface area contributed by atoms with Crippen molar-refractivity contribution in [2.45, 2.75) is 12.8 Å². The molecule has 0 radical (unpaired) electrons. The van der Waals surface area contributed by atoms with E-state index < -0.39 is 0 Å². The van der Waals surface area contributed by atoms with Crippen molar-refractivity contribution in [3.8, 4) is 11.5 Å². The van der Waals surface area contributed by atoms with Gasteiger partial charge in [-0.1, -0.05) is 30.3 Å². The summed E-state index contributed by atoms with van der Waals surface area (Å²) in [5.41, 5.74) is 2.49. The van der Waals surface area contributed by atoms with Gasteiger partial charge in [0.05, 0.1) is 14.2 Å². The highest BCUT2D eigenvalue weighted by Crippen LogP contribution is 2.31. The molecule has 0 saturated heterocycles. The fourth-order valence-electron chi connectivity index (χ4n) is 2.70. The zero-order chi connectivity index (χ0) is 19.8. The first kappa shape index (κ1) is 19.7. The number of anilines is 2. The number of aryl methyl sites for hydroxylation is 1. The number of hydrogen-bond acceptors (Lipinski definition) is 6. The van der Waals surface area contributed by atoms with Crippen molar-refractivity contribution in [1.29, 1.82) is 0 Å². The Morgan fingerprint density at radius 2 is 1.86 bits per heavy atom. The average Bonchev–Trinajstić information content (AvgIpc) is 3.20. The molecule has 2 aromatic carbocycles. The Morgan fingerprint density at radius 1 is 1.07 bits per heavy atom. The maximum Gasteiger partial charge on any atom is 0.270 e. The van der Waals surface area contributed by atoms with E-state index in [9.17, 15) is 4.79 Å². The predicted octanol–water partition coefficient (Wildman–Crippen LogP) is 4.27. The number of nitrogens with zero attached hydrogens (tertiary/aromatic N) is 1. The number of nitrogens with one attached hydrogen (secondary N) is 2. The number of carbonyl (C=O) groups is 1. The van der Waals surface area contributed by atoms with Crippen molar-refractivity contribution < 1.29 is 14.3 Å². The van der Waals surface area contributed by atoms with Crippen LogP contribution in [-0.2, 0) is 6.42 Å². The molecule has 0 aliphatic carbocycles. The second kappa shape index (κ2) is 9.75.